The summed E-state index contributed by atoms with van der Waals surface area (Å²) < 4.78 is 33.6. The van der Waals surface area contributed by atoms with Gasteiger partial charge < -0.3 is 24.5 Å². The van der Waals surface area contributed by atoms with E-state index < -0.39 is 28.0 Å². The van der Waals surface area contributed by atoms with Crippen LogP contribution in [0, 0.1) is 5.92 Å². The van der Waals surface area contributed by atoms with E-state index in [1.807, 2.05) is 0 Å². The highest BCUT2D eigenvalue weighted by Crippen LogP contribution is 1.93. The number of carboxylic acid groups (broad SMARTS) is 1. The highest BCUT2D eigenvalue weighted by atomic mass is 32.2. The van der Waals surface area contributed by atoms with Crippen LogP contribution in [0.1, 0.15) is 6.92 Å². The monoisotopic (exact) mass is 270 g/mol. The fourth-order valence-corrected chi connectivity index (χ4v) is 1.06. The molecule has 8 nitrogen and oxygen atoms in total. The molecule has 0 heterocycles. The molecule has 0 aromatic rings. The zero-order valence-electron chi connectivity index (χ0n) is 9.83. The summed E-state index contributed by atoms with van der Waals surface area (Å²) in [4.78, 5) is 20.2. The Hall–Kier alpha value is -1.19. The minimum Gasteiger partial charge on any atom is -0.748 e. The fourth-order valence-electron chi connectivity index (χ4n) is 0.535. The summed E-state index contributed by atoms with van der Waals surface area (Å²) in [6, 6.07) is 0. The second kappa shape index (κ2) is 8.90. The van der Waals surface area contributed by atoms with Gasteiger partial charge in [0.05, 0.1) is 38.3 Å². The van der Waals surface area contributed by atoms with Crippen LogP contribution in [0.5, 0.6) is 0 Å². The van der Waals surface area contributed by atoms with E-state index in [1.54, 1.807) is 12.4 Å². The maximum absolute atomic E-state index is 10.3. The molecule has 0 amide bonds. The molecule has 0 spiro atoms. The number of nitrogens with two attached hydrogens (primary N) is 1. The molecule has 0 aliphatic carbocycles. The summed E-state index contributed by atoms with van der Waals surface area (Å²) in [5.74, 6) is -3.64. The van der Waals surface area contributed by atoms with Gasteiger partial charge in [0.1, 0.15) is 10.1 Å². The van der Waals surface area contributed by atoms with Crippen molar-refractivity contribution < 1.29 is 37.7 Å². The number of carboxylic acids is 1. The second-order valence-electron chi connectivity index (χ2n) is 3.02. The van der Waals surface area contributed by atoms with Crippen molar-refractivity contribution in [1.82, 2.24) is 0 Å². The molecule has 102 valence electrons. The normalized spacial score (nSPS) is 12.0. The molecule has 0 bridgehead atoms. The molecule has 0 rings (SSSR count). The Morgan fingerprint density at radius 2 is 1.88 bits per heavy atom. The highest BCUT2D eigenvalue weighted by Gasteiger charge is 2.12. The van der Waals surface area contributed by atoms with Gasteiger partial charge in [-0.15, -0.1) is 0 Å². The van der Waals surface area contributed by atoms with Crippen molar-refractivity contribution in [2.45, 2.75) is 6.92 Å². The molecule has 0 aromatic carbocycles. The Labute approximate surface area is 99.7 Å². The summed E-state index contributed by atoms with van der Waals surface area (Å²) in [5, 5.41) is 11.5. The summed E-state index contributed by atoms with van der Waals surface area (Å²) in [6.45, 7) is 1.56. The largest absolute Gasteiger partial charge is 0.748 e. The lowest BCUT2D eigenvalue weighted by Crippen LogP contribution is -2.80. The lowest BCUT2D eigenvalue weighted by atomic mass is 10.2. The topological polar surface area (TPSA) is 140 Å². The number of esters is 1. The summed E-state index contributed by atoms with van der Waals surface area (Å²) in [5.41, 5.74) is 0. The summed E-state index contributed by atoms with van der Waals surface area (Å²) in [6.07, 6.45) is 0. The lowest BCUT2D eigenvalue weighted by Gasteiger charge is -2.07. The van der Waals surface area contributed by atoms with Gasteiger partial charge in [-0.25, -0.2) is 8.42 Å². The first-order chi connectivity index (χ1) is 7.65. The predicted octanol–water partition coefficient (Wildman–Crippen LogP) is -3.73. The van der Waals surface area contributed by atoms with Crippen molar-refractivity contribution in [2.24, 2.45) is 5.92 Å². The molecule has 17 heavy (non-hydrogen) atoms. The number of quaternary nitrogens is 1. The van der Waals surface area contributed by atoms with Crippen LogP contribution in [-0.4, -0.2) is 51.4 Å². The molecule has 0 radical (unpaired) electrons. The maximum atomic E-state index is 10.3. The van der Waals surface area contributed by atoms with Crippen molar-refractivity contribution >= 4 is 22.1 Å². The Kier molecular flexibility index (Phi) is 9.52. The van der Waals surface area contributed by atoms with E-state index in [1.165, 1.54) is 6.92 Å². The van der Waals surface area contributed by atoms with E-state index in [4.69, 9.17) is 0 Å². The van der Waals surface area contributed by atoms with Gasteiger partial charge in [-0.2, -0.15) is 0 Å². The number of rotatable bonds is 5. The van der Waals surface area contributed by atoms with Crippen LogP contribution in [0.3, 0.4) is 0 Å². The molecule has 0 aliphatic rings. The van der Waals surface area contributed by atoms with Crippen molar-refractivity contribution in [3.05, 3.63) is 0 Å². The number of ether oxygens (including phenoxy) is 1. The SMILES string of the molecule is COC(=O)C(C)C(=O)[O-].C[NH2+]CCS(=O)(=O)[O-]. The van der Waals surface area contributed by atoms with Gasteiger partial charge in [0.25, 0.3) is 0 Å². The minimum atomic E-state index is -3.97. The van der Waals surface area contributed by atoms with Crippen LogP contribution in [0.15, 0.2) is 0 Å². The van der Waals surface area contributed by atoms with Crippen molar-refractivity contribution in [1.29, 1.82) is 0 Å². The van der Waals surface area contributed by atoms with Gasteiger partial charge in [-0.3, -0.25) is 4.79 Å². The maximum Gasteiger partial charge on any atom is 0.314 e. The number of aliphatic carboxylic acids is 1. The molecule has 0 saturated heterocycles. The first-order valence-electron chi connectivity index (χ1n) is 4.65. The van der Waals surface area contributed by atoms with Gasteiger partial charge >= 0.3 is 5.97 Å². The number of carbonyl (C=O) groups is 2. The van der Waals surface area contributed by atoms with Gasteiger partial charge in [0, 0.05) is 0 Å². The third-order valence-corrected chi connectivity index (χ3v) is 2.30. The van der Waals surface area contributed by atoms with E-state index >= 15 is 0 Å². The highest BCUT2D eigenvalue weighted by molar-refractivity contribution is 7.85. The molecule has 2 N–H and O–H groups in total. The average Bonchev–Trinajstić information content (AvgIpc) is 2.23. The third kappa shape index (κ3) is 12.7. The molecule has 0 aromatic heterocycles. The standard InChI is InChI=1S/C5H8O4.C3H9NO3S/c1-3(4(6)7)5(8)9-2;1-4-2-3-8(5,6)7/h3H,1-2H3,(H,6,7);4H,2-3H2,1H3,(H,5,6,7)/p-1. The van der Waals surface area contributed by atoms with Crippen molar-refractivity contribution in [3.63, 3.8) is 0 Å². The molecule has 0 aliphatic heterocycles. The van der Waals surface area contributed by atoms with Gasteiger partial charge in [-0.05, 0) is 6.92 Å². The van der Waals surface area contributed by atoms with Crippen molar-refractivity contribution in [3.8, 4) is 0 Å². The molecular formula is C8H16NO7S-. The quantitative estimate of drug-likeness (QED) is 0.307. The molecule has 9 heteroatoms. The third-order valence-electron chi connectivity index (χ3n) is 1.56. The molecule has 0 saturated carbocycles. The Bertz CT molecular complexity index is 338. The smallest absolute Gasteiger partial charge is 0.314 e. The fraction of sp³-hybridized carbons (Fsp3) is 0.750. The zero-order chi connectivity index (χ0) is 14.1. The first-order valence-corrected chi connectivity index (χ1v) is 6.23. The Morgan fingerprint density at radius 3 is 2.00 bits per heavy atom. The summed E-state index contributed by atoms with van der Waals surface area (Å²) in [7, 11) is -1.13. The van der Waals surface area contributed by atoms with Crippen LogP contribution < -0.4 is 10.4 Å². The van der Waals surface area contributed by atoms with Crippen LogP contribution in [0.2, 0.25) is 0 Å². The zero-order valence-corrected chi connectivity index (χ0v) is 10.7. The minimum absolute atomic E-state index is 0.274. The van der Waals surface area contributed by atoms with Gasteiger partial charge in [0.15, 0.2) is 0 Å². The Morgan fingerprint density at radius 1 is 1.41 bits per heavy atom. The van der Waals surface area contributed by atoms with E-state index in [0.29, 0.717) is 6.54 Å². The second-order valence-corrected chi connectivity index (χ2v) is 4.55. The molecular weight excluding hydrogens is 254 g/mol. The number of carbonyl (C=O) groups excluding carboxylic acids is 2. The summed E-state index contributed by atoms with van der Waals surface area (Å²) >= 11 is 0. The van der Waals surface area contributed by atoms with E-state index in [-0.39, 0.29) is 5.75 Å². The molecule has 0 fully saturated rings. The van der Waals surface area contributed by atoms with Gasteiger partial charge in [0.2, 0.25) is 0 Å². The number of methoxy groups -OCH3 is 1. The number of hydrogen-bond acceptors (Lipinski definition) is 7. The van der Waals surface area contributed by atoms with Crippen LogP contribution >= 0.6 is 0 Å². The van der Waals surface area contributed by atoms with Crippen LogP contribution in [-0.2, 0) is 24.4 Å². The Balaban J connectivity index is 0. The number of hydrogen-bond donors (Lipinski definition) is 1. The van der Waals surface area contributed by atoms with E-state index in [0.717, 1.165) is 7.11 Å². The average molecular weight is 270 g/mol. The molecule has 1 unspecified atom stereocenters. The van der Waals surface area contributed by atoms with Gasteiger partial charge in [-0.1, -0.05) is 0 Å². The molecule has 1 atom stereocenters. The van der Waals surface area contributed by atoms with E-state index in [2.05, 4.69) is 4.74 Å². The van der Waals surface area contributed by atoms with Crippen LogP contribution in [0.4, 0.5) is 0 Å². The predicted molar refractivity (Wildman–Crippen MR) is 53.5 cm³/mol. The van der Waals surface area contributed by atoms with Crippen LogP contribution in [0.25, 0.3) is 0 Å². The lowest BCUT2D eigenvalue weighted by molar-refractivity contribution is -0.622. The van der Waals surface area contributed by atoms with Crippen molar-refractivity contribution in [2.75, 3.05) is 26.5 Å². The van der Waals surface area contributed by atoms with E-state index in [9.17, 15) is 27.7 Å². The first kappa shape index (κ1) is 18.2.